The summed E-state index contributed by atoms with van der Waals surface area (Å²) >= 11 is 0. The van der Waals surface area contributed by atoms with Crippen LogP contribution in [0.15, 0.2) is 115 Å². The highest BCUT2D eigenvalue weighted by molar-refractivity contribution is 6.06. The van der Waals surface area contributed by atoms with Crippen LogP contribution in [0.5, 0.6) is 0 Å². The molecule has 4 aromatic carbocycles. The van der Waals surface area contributed by atoms with Crippen molar-refractivity contribution in [1.82, 2.24) is 4.90 Å². The number of nitrogens with zero attached hydrogens (tertiary/aromatic N) is 2. The molecule has 1 saturated heterocycles. The summed E-state index contributed by atoms with van der Waals surface area (Å²) in [5.74, 6) is 0. The van der Waals surface area contributed by atoms with Gasteiger partial charge in [0.05, 0.1) is 0 Å². The first-order valence-corrected chi connectivity index (χ1v) is 13.6. The smallest absolute Gasteiger partial charge is 0.410 e. The quantitative estimate of drug-likeness (QED) is 0.254. The molecule has 0 N–H and O–H groups in total. The Hall–Kier alpha value is -4.31. The molecule has 0 unspecified atom stereocenters. The number of hydrogen-bond acceptors (Lipinski definition) is 3. The monoisotopic (exact) mass is 516 g/mol. The third kappa shape index (κ3) is 6.23. The van der Waals surface area contributed by atoms with E-state index in [0.29, 0.717) is 13.1 Å². The predicted octanol–water partition coefficient (Wildman–Crippen LogP) is 7.75. The summed E-state index contributed by atoms with van der Waals surface area (Å²) in [4.78, 5) is 16.9. The predicted molar refractivity (Wildman–Crippen MR) is 161 cm³/mol. The molecule has 0 aliphatic carbocycles. The van der Waals surface area contributed by atoms with Crippen molar-refractivity contribution in [3.05, 3.63) is 138 Å². The second-order valence-corrected chi connectivity index (χ2v) is 10.8. The molecule has 1 aliphatic rings. The first kappa shape index (κ1) is 26.3. The summed E-state index contributed by atoms with van der Waals surface area (Å²) in [6, 6.07) is 40.6. The summed E-state index contributed by atoms with van der Waals surface area (Å²) in [6.45, 7) is 8.45. The van der Waals surface area contributed by atoms with Gasteiger partial charge < -0.3 is 14.5 Å². The van der Waals surface area contributed by atoms with Crippen LogP contribution < -0.4 is 4.90 Å². The van der Waals surface area contributed by atoms with E-state index in [4.69, 9.17) is 4.74 Å². The largest absolute Gasteiger partial charge is 0.444 e. The molecule has 4 nitrogen and oxygen atoms in total. The average molecular weight is 517 g/mol. The zero-order valence-electron chi connectivity index (χ0n) is 23.0. The molecule has 1 aliphatic heterocycles. The number of anilines is 1. The number of hydrogen-bond donors (Lipinski definition) is 0. The lowest BCUT2D eigenvalue weighted by Gasteiger charge is -2.38. The number of ether oxygens (including phenoxy) is 1. The normalized spacial score (nSPS) is 13.6. The molecule has 0 spiro atoms. The molecule has 39 heavy (non-hydrogen) atoms. The summed E-state index contributed by atoms with van der Waals surface area (Å²) in [5.41, 5.74) is 7.75. The Labute approximate surface area is 232 Å². The lowest BCUT2D eigenvalue weighted by Crippen LogP contribution is -2.50. The van der Waals surface area contributed by atoms with Crippen molar-refractivity contribution in [2.24, 2.45) is 0 Å². The van der Waals surface area contributed by atoms with Crippen LogP contribution in [-0.2, 0) is 4.74 Å². The summed E-state index contributed by atoms with van der Waals surface area (Å²) in [6.07, 6.45) is -0.240. The van der Waals surface area contributed by atoms with Gasteiger partial charge in [0.15, 0.2) is 0 Å². The van der Waals surface area contributed by atoms with E-state index in [9.17, 15) is 4.79 Å². The molecular weight excluding hydrogens is 480 g/mol. The average Bonchev–Trinajstić information content (AvgIpc) is 2.96. The van der Waals surface area contributed by atoms with E-state index >= 15 is 0 Å². The minimum atomic E-state index is -0.499. The van der Waals surface area contributed by atoms with Crippen molar-refractivity contribution in [3.63, 3.8) is 0 Å². The first-order chi connectivity index (χ1) is 18.9. The molecule has 1 amide bonds. The molecule has 0 saturated carbocycles. The molecule has 4 aromatic rings. The van der Waals surface area contributed by atoms with Gasteiger partial charge in [-0.15, -0.1) is 0 Å². The van der Waals surface area contributed by atoms with Crippen molar-refractivity contribution < 1.29 is 9.53 Å². The third-order valence-corrected chi connectivity index (χ3v) is 6.88. The summed E-state index contributed by atoms with van der Waals surface area (Å²) in [5, 5.41) is 0. The van der Waals surface area contributed by atoms with E-state index in [0.717, 1.165) is 13.1 Å². The second-order valence-electron chi connectivity index (χ2n) is 10.8. The van der Waals surface area contributed by atoms with Gasteiger partial charge >= 0.3 is 6.09 Å². The van der Waals surface area contributed by atoms with E-state index in [1.54, 1.807) is 0 Å². The van der Waals surface area contributed by atoms with E-state index in [2.05, 4.69) is 120 Å². The van der Waals surface area contributed by atoms with Gasteiger partial charge in [0, 0.05) is 37.4 Å². The maximum absolute atomic E-state index is 12.7. The number of para-hydroxylation sites is 1. The lowest BCUT2D eigenvalue weighted by atomic mass is 9.85. The van der Waals surface area contributed by atoms with Gasteiger partial charge in [-0.2, -0.15) is 0 Å². The number of amides is 1. The number of carbonyl (C=O) groups is 1. The molecule has 1 fully saturated rings. The number of rotatable bonds is 5. The topological polar surface area (TPSA) is 32.8 Å². The van der Waals surface area contributed by atoms with E-state index in [-0.39, 0.29) is 6.09 Å². The van der Waals surface area contributed by atoms with Gasteiger partial charge in [0.1, 0.15) is 5.60 Å². The zero-order chi connectivity index (χ0) is 27.2. The van der Waals surface area contributed by atoms with Gasteiger partial charge in [-0.25, -0.2) is 4.79 Å². The molecule has 0 bridgehead atoms. The van der Waals surface area contributed by atoms with Crippen molar-refractivity contribution in [3.8, 4) is 0 Å². The standard InChI is InChI=1S/C35H36N2O2/c1-35(2,3)39-34(38)37-25-23-36(24-26-37)31-22-14-13-21-30(31)33(29-19-11-6-12-20-29)32(27-15-7-4-8-16-27)28-17-9-5-10-18-28/h4-22H,23-26H2,1-3H3. The maximum atomic E-state index is 12.7. The van der Waals surface area contributed by atoms with Gasteiger partial charge in [-0.3, -0.25) is 0 Å². The van der Waals surface area contributed by atoms with Crippen molar-refractivity contribution in [2.45, 2.75) is 26.4 Å². The molecule has 198 valence electrons. The highest BCUT2D eigenvalue weighted by Crippen LogP contribution is 2.40. The Morgan fingerprint density at radius 1 is 0.590 bits per heavy atom. The first-order valence-electron chi connectivity index (χ1n) is 13.6. The van der Waals surface area contributed by atoms with E-state index in [1.165, 1.54) is 39.1 Å². The highest BCUT2D eigenvalue weighted by atomic mass is 16.6. The Balaban J connectivity index is 1.61. The van der Waals surface area contributed by atoms with Crippen LogP contribution in [0, 0.1) is 0 Å². The summed E-state index contributed by atoms with van der Waals surface area (Å²) < 4.78 is 5.63. The van der Waals surface area contributed by atoms with E-state index < -0.39 is 5.60 Å². The van der Waals surface area contributed by atoms with Crippen molar-refractivity contribution in [1.29, 1.82) is 0 Å². The van der Waals surface area contributed by atoms with Gasteiger partial charge in [0.2, 0.25) is 0 Å². The lowest BCUT2D eigenvalue weighted by molar-refractivity contribution is 0.0240. The molecule has 0 radical (unpaired) electrons. The van der Waals surface area contributed by atoms with Crippen LogP contribution in [0.3, 0.4) is 0 Å². The highest BCUT2D eigenvalue weighted by Gasteiger charge is 2.28. The molecule has 5 rings (SSSR count). The number of carbonyl (C=O) groups excluding carboxylic acids is 1. The SMILES string of the molecule is CC(C)(C)OC(=O)N1CCN(c2ccccc2C(=C(c2ccccc2)c2ccccc2)c2ccccc2)CC1. The van der Waals surface area contributed by atoms with Gasteiger partial charge in [-0.1, -0.05) is 109 Å². The van der Waals surface area contributed by atoms with Crippen LogP contribution in [-0.4, -0.2) is 42.8 Å². The van der Waals surface area contributed by atoms with Crippen LogP contribution >= 0.6 is 0 Å². The van der Waals surface area contributed by atoms with Crippen LogP contribution in [0.25, 0.3) is 11.1 Å². The zero-order valence-corrected chi connectivity index (χ0v) is 23.0. The Morgan fingerprint density at radius 3 is 1.51 bits per heavy atom. The van der Waals surface area contributed by atoms with Crippen molar-refractivity contribution in [2.75, 3.05) is 31.1 Å². The Morgan fingerprint density at radius 2 is 1.03 bits per heavy atom. The van der Waals surface area contributed by atoms with Crippen molar-refractivity contribution >= 4 is 22.9 Å². The molecule has 4 heteroatoms. The second kappa shape index (κ2) is 11.6. The molecular formula is C35H36N2O2. The van der Waals surface area contributed by atoms with E-state index in [1.807, 2.05) is 25.7 Å². The Kier molecular flexibility index (Phi) is 7.83. The van der Waals surface area contributed by atoms with Crippen LogP contribution in [0.4, 0.5) is 10.5 Å². The Bertz CT molecular complexity index is 1370. The van der Waals surface area contributed by atoms with Crippen LogP contribution in [0.2, 0.25) is 0 Å². The minimum absolute atomic E-state index is 0.240. The summed E-state index contributed by atoms with van der Waals surface area (Å²) in [7, 11) is 0. The number of piperazine rings is 1. The third-order valence-electron chi connectivity index (χ3n) is 6.88. The molecule has 0 aromatic heterocycles. The molecule has 1 heterocycles. The fourth-order valence-electron chi connectivity index (χ4n) is 5.12. The fraction of sp³-hybridized carbons (Fsp3) is 0.229. The molecule has 0 atom stereocenters. The van der Waals surface area contributed by atoms with Crippen LogP contribution in [0.1, 0.15) is 43.0 Å². The maximum Gasteiger partial charge on any atom is 0.410 e. The fourth-order valence-corrected chi connectivity index (χ4v) is 5.12. The van der Waals surface area contributed by atoms with Gasteiger partial charge in [0.25, 0.3) is 0 Å². The van der Waals surface area contributed by atoms with Gasteiger partial charge in [-0.05, 0) is 54.7 Å². The number of benzene rings is 4. The minimum Gasteiger partial charge on any atom is -0.444 e.